The van der Waals surface area contributed by atoms with Gasteiger partial charge in [0.25, 0.3) is 0 Å². The van der Waals surface area contributed by atoms with Crippen LogP contribution >= 0.6 is 0 Å². The SMILES string of the molecule is CCN1CCC2(CC1)CC(n1nc(-c3ccc(Oc4ccccc4)cc3)c3c(N)ncnc31)C2. The molecule has 2 N–H and O–H groups in total. The van der Waals surface area contributed by atoms with Crippen LogP contribution < -0.4 is 10.5 Å². The van der Waals surface area contributed by atoms with Gasteiger partial charge in [-0.3, -0.25) is 0 Å². The number of fused-ring (bicyclic) bond motifs is 1. The first-order chi connectivity index (χ1) is 16.6. The molecular formula is C27H30N6O. The van der Waals surface area contributed by atoms with Gasteiger partial charge >= 0.3 is 0 Å². The Kier molecular flexibility index (Phi) is 5.21. The summed E-state index contributed by atoms with van der Waals surface area (Å²) in [5, 5.41) is 5.88. The number of likely N-dealkylation sites (tertiary alicyclic amines) is 1. The predicted molar refractivity (Wildman–Crippen MR) is 134 cm³/mol. The van der Waals surface area contributed by atoms with Crippen LogP contribution in [0.25, 0.3) is 22.3 Å². The normalized spacial score (nSPS) is 18.3. The molecule has 1 spiro atoms. The summed E-state index contributed by atoms with van der Waals surface area (Å²) in [5.41, 5.74) is 9.44. The Morgan fingerprint density at radius 3 is 2.38 bits per heavy atom. The zero-order valence-electron chi connectivity index (χ0n) is 19.5. The summed E-state index contributed by atoms with van der Waals surface area (Å²) in [4.78, 5) is 11.4. The third-order valence-electron chi connectivity index (χ3n) is 7.67. The van der Waals surface area contributed by atoms with Crippen LogP contribution in [-0.4, -0.2) is 44.3 Å². The molecule has 1 saturated heterocycles. The van der Waals surface area contributed by atoms with Gasteiger partial charge in [0.05, 0.1) is 11.4 Å². The fraction of sp³-hybridized carbons (Fsp3) is 0.370. The number of piperidine rings is 1. The highest BCUT2D eigenvalue weighted by atomic mass is 16.5. The molecule has 4 aromatic rings. The predicted octanol–water partition coefficient (Wildman–Crippen LogP) is 5.30. The Labute approximate surface area is 199 Å². The van der Waals surface area contributed by atoms with Crippen LogP contribution in [0.15, 0.2) is 60.9 Å². The van der Waals surface area contributed by atoms with Gasteiger partial charge in [-0.15, -0.1) is 0 Å². The molecule has 2 aliphatic rings. The third kappa shape index (κ3) is 3.70. The fourth-order valence-electron chi connectivity index (χ4n) is 5.62. The summed E-state index contributed by atoms with van der Waals surface area (Å²) in [6, 6.07) is 18.1. The van der Waals surface area contributed by atoms with Gasteiger partial charge in [0.1, 0.15) is 29.3 Å². The van der Waals surface area contributed by atoms with Crippen LogP contribution in [0.2, 0.25) is 0 Å². The van der Waals surface area contributed by atoms with E-state index in [4.69, 9.17) is 15.6 Å². The van der Waals surface area contributed by atoms with Gasteiger partial charge < -0.3 is 15.4 Å². The van der Waals surface area contributed by atoms with Crippen molar-refractivity contribution in [3.05, 3.63) is 60.9 Å². The van der Waals surface area contributed by atoms with Crippen molar-refractivity contribution in [2.75, 3.05) is 25.4 Å². The highest BCUT2D eigenvalue weighted by molar-refractivity contribution is 5.98. The minimum atomic E-state index is 0.361. The molecule has 1 aliphatic heterocycles. The zero-order valence-corrected chi connectivity index (χ0v) is 19.5. The van der Waals surface area contributed by atoms with Crippen molar-refractivity contribution in [3.63, 3.8) is 0 Å². The molecule has 0 unspecified atom stereocenters. The van der Waals surface area contributed by atoms with Crippen LogP contribution in [0.3, 0.4) is 0 Å². The number of hydrogen-bond donors (Lipinski definition) is 1. The van der Waals surface area contributed by atoms with E-state index in [0.29, 0.717) is 17.3 Å². The average Bonchev–Trinajstić information content (AvgIpc) is 3.24. The van der Waals surface area contributed by atoms with Gasteiger partial charge in [-0.1, -0.05) is 25.1 Å². The maximum Gasteiger partial charge on any atom is 0.164 e. The minimum absolute atomic E-state index is 0.361. The molecule has 0 atom stereocenters. The molecule has 7 heteroatoms. The lowest BCUT2D eigenvalue weighted by atomic mass is 9.60. The molecule has 1 aliphatic carbocycles. The first-order valence-electron chi connectivity index (χ1n) is 12.2. The standard InChI is InChI=1S/C27H30N6O/c1-2-32-14-12-27(13-15-32)16-20(17-27)33-26-23(25(28)29-18-30-26)24(31-33)19-8-10-22(11-9-19)34-21-6-4-3-5-7-21/h3-11,18,20H,2,12-17H2,1H3,(H2,28,29,30). The largest absolute Gasteiger partial charge is 0.457 e. The highest BCUT2D eigenvalue weighted by Crippen LogP contribution is 2.55. The third-order valence-corrected chi connectivity index (χ3v) is 7.67. The Hall–Kier alpha value is -3.45. The van der Waals surface area contributed by atoms with Crippen molar-refractivity contribution in [3.8, 4) is 22.8 Å². The number of nitrogens with two attached hydrogens (primary N) is 1. The van der Waals surface area contributed by atoms with E-state index in [2.05, 4.69) is 26.5 Å². The maximum atomic E-state index is 6.33. The topological polar surface area (TPSA) is 82.1 Å². The van der Waals surface area contributed by atoms with Gasteiger partial charge in [0.2, 0.25) is 0 Å². The van der Waals surface area contributed by atoms with Gasteiger partial charge in [-0.05, 0) is 87.1 Å². The lowest BCUT2D eigenvalue weighted by molar-refractivity contribution is -0.00838. The second kappa shape index (κ2) is 8.40. The molecule has 6 rings (SSSR count). The van der Waals surface area contributed by atoms with Gasteiger partial charge in [-0.25, -0.2) is 14.6 Å². The van der Waals surface area contributed by atoms with E-state index in [1.807, 2.05) is 54.6 Å². The Morgan fingerprint density at radius 2 is 1.68 bits per heavy atom. The molecule has 0 amide bonds. The molecule has 2 aromatic carbocycles. The Morgan fingerprint density at radius 1 is 0.971 bits per heavy atom. The molecule has 3 heterocycles. The summed E-state index contributed by atoms with van der Waals surface area (Å²) in [5.74, 6) is 2.06. The van der Waals surface area contributed by atoms with Crippen molar-refractivity contribution < 1.29 is 4.74 Å². The van der Waals surface area contributed by atoms with Crippen LogP contribution in [0, 0.1) is 5.41 Å². The number of aromatic nitrogens is 4. The van der Waals surface area contributed by atoms with Crippen molar-refractivity contribution in [2.24, 2.45) is 5.41 Å². The summed E-state index contributed by atoms with van der Waals surface area (Å²) < 4.78 is 8.06. The van der Waals surface area contributed by atoms with Gasteiger partial charge in [0, 0.05) is 5.56 Å². The van der Waals surface area contributed by atoms with Crippen molar-refractivity contribution >= 4 is 16.9 Å². The lowest BCUT2D eigenvalue weighted by Crippen LogP contribution is -2.47. The van der Waals surface area contributed by atoms with E-state index < -0.39 is 0 Å². The van der Waals surface area contributed by atoms with E-state index in [9.17, 15) is 0 Å². The maximum absolute atomic E-state index is 6.33. The summed E-state index contributed by atoms with van der Waals surface area (Å²) >= 11 is 0. The molecule has 7 nitrogen and oxygen atoms in total. The van der Waals surface area contributed by atoms with E-state index >= 15 is 0 Å². The molecule has 34 heavy (non-hydrogen) atoms. The van der Waals surface area contributed by atoms with Crippen molar-refractivity contribution in [1.82, 2.24) is 24.6 Å². The number of benzene rings is 2. The van der Waals surface area contributed by atoms with Gasteiger partial charge in [0.15, 0.2) is 5.65 Å². The number of nitrogens with zero attached hydrogens (tertiary/aromatic N) is 5. The molecular weight excluding hydrogens is 424 g/mol. The first kappa shape index (κ1) is 21.1. The lowest BCUT2D eigenvalue weighted by Gasteiger charge is -2.52. The second-order valence-electron chi connectivity index (χ2n) is 9.69. The first-order valence-corrected chi connectivity index (χ1v) is 12.2. The monoisotopic (exact) mass is 454 g/mol. The smallest absolute Gasteiger partial charge is 0.164 e. The van der Waals surface area contributed by atoms with Crippen molar-refractivity contribution in [2.45, 2.75) is 38.6 Å². The van der Waals surface area contributed by atoms with E-state index in [0.717, 1.165) is 53.2 Å². The van der Waals surface area contributed by atoms with Crippen LogP contribution in [0.1, 0.15) is 38.6 Å². The highest BCUT2D eigenvalue weighted by Gasteiger charge is 2.47. The average molecular weight is 455 g/mol. The molecule has 0 radical (unpaired) electrons. The van der Waals surface area contributed by atoms with Gasteiger partial charge in [-0.2, -0.15) is 5.10 Å². The number of ether oxygens (including phenoxy) is 1. The summed E-state index contributed by atoms with van der Waals surface area (Å²) in [6.07, 6.45) is 6.43. The second-order valence-corrected chi connectivity index (χ2v) is 9.69. The summed E-state index contributed by atoms with van der Waals surface area (Å²) in [7, 11) is 0. The van der Waals surface area contributed by atoms with E-state index in [1.165, 1.54) is 25.9 Å². The molecule has 0 bridgehead atoms. The van der Waals surface area contributed by atoms with E-state index in [-0.39, 0.29) is 0 Å². The fourth-order valence-corrected chi connectivity index (χ4v) is 5.62. The number of anilines is 1. The van der Waals surface area contributed by atoms with E-state index in [1.54, 1.807) is 6.33 Å². The van der Waals surface area contributed by atoms with Crippen LogP contribution in [-0.2, 0) is 0 Å². The quantitative estimate of drug-likeness (QED) is 0.440. The number of hydrogen-bond acceptors (Lipinski definition) is 6. The Bertz CT molecular complexity index is 1280. The number of rotatable bonds is 5. The zero-order chi connectivity index (χ0) is 23.1. The minimum Gasteiger partial charge on any atom is -0.457 e. The summed E-state index contributed by atoms with van der Waals surface area (Å²) in [6.45, 7) is 5.82. The molecule has 174 valence electrons. The Balaban J connectivity index is 1.28. The van der Waals surface area contributed by atoms with Crippen molar-refractivity contribution in [1.29, 1.82) is 0 Å². The number of para-hydroxylation sites is 1. The molecule has 1 saturated carbocycles. The molecule has 2 fully saturated rings. The van der Waals surface area contributed by atoms with Crippen LogP contribution in [0.4, 0.5) is 5.82 Å². The van der Waals surface area contributed by atoms with Crippen LogP contribution in [0.5, 0.6) is 11.5 Å². The number of nitrogen functional groups attached to an aromatic ring is 1. The molecule has 2 aromatic heterocycles.